The van der Waals surface area contributed by atoms with Gasteiger partial charge in [-0.1, -0.05) is 31.4 Å². The molecule has 2 fully saturated rings. The molecular formula is C23H37N5O2. The van der Waals surface area contributed by atoms with Gasteiger partial charge < -0.3 is 20.7 Å². The van der Waals surface area contributed by atoms with E-state index in [1.54, 1.807) is 7.05 Å². The predicted molar refractivity (Wildman–Crippen MR) is 121 cm³/mol. The summed E-state index contributed by atoms with van der Waals surface area (Å²) in [4.78, 5) is 19.3. The first-order valence-electron chi connectivity index (χ1n) is 11.3. The van der Waals surface area contributed by atoms with Crippen molar-refractivity contribution in [1.29, 1.82) is 0 Å². The van der Waals surface area contributed by atoms with Gasteiger partial charge in [0.25, 0.3) is 5.91 Å². The van der Waals surface area contributed by atoms with E-state index in [0.717, 1.165) is 50.9 Å². The molecule has 0 radical (unpaired) electrons. The molecule has 1 amide bonds. The molecule has 30 heavy (non-hydrogen) atoms. The molecular weight excluding hydrogens is 378 g/mol. The minimum absolute atomic E-state index is 0.0735. The lowest BCUT2D eigenvalue weighted by atomic mass is 9.80. The van der Waals surface area contributed by atoms with E-state index in [9.17, 15) is 4.79 Å². The third-order valence-corrected chi connectivity index (χ3v) is 6.23. The van der Waals surface area contributed by atoms with E-state index >= 15 is 0 Å². The molecule has 2 aliphatic rings. The highest BCUT2D eigenvalue weighted by Crippen LogP contribution is 2.33. The van der Waals surface area contributed by atoms with E-state index < -0.39 is 0 Å². The second-order valence-corrected chi connectivity index (χ2v) is 8.21. The van der Waals surface area contributed by atoms with Gasteiger partial charge in [0.1, 0.15) is 0 Å². The van der Waals surface area contributed by atoms with Crippen molar-refractivity contribution in [3.8, 4) is 0 Å². The fourth-order valence-electron chi connectivity index (χ4n) is 4.57. The summed E-state index contributed by atoms with van der Waals surface area (Å²) in [6.45, 7) is 8.02. The molecule has 1 saturated carbocycles. The predicted octanol–water partition coefficient (Wildman–Crippen LogP) is 2.14. The van der Waals surface area contributed by atoms with Crippen LogP contribution in [0, 0.1) is 0 Å². The van der Waals surface area contributed by atoms with Crippen LogP contribution in [-0.4, -0.2) is 68.7 Å². The largest absolute Gasteiger partial charge is 0.379 e. The molecule has 0 atom stereocenters. The number of carbonyl (C=O) groups excluding carboxylic acids is 1. The van der Waals surface area contributed by atoms with Crippen LogP contribution in [0.25, 0.3) is 0 Å². The van der Waals surface area contributed by atoms with Gasteiger partial charge in [-0.3, -0.25) is 9.69 Å². The lowest BCUT2D eigenvalue weighted by Crippen LogP contribution is -2.60. The Hall–Kier alpha value is -2.12. The van der Waals surface area contributed by atoms with Gasteiger partial charge in [0.15, 0.2) is 5.96 Å². The number of amides is 1. The maximum atomic E-state index is 11.9. The first-order chi connectivity index (χ1) is 14.7. The topological polar surface area (TPSA) is 78.0 Å². The van der Waals surface area contributed by atoms with Gasteiger partial charge in [0.05, 0.1) is 19.8 Å². The highest BCUT2D eigenvalue weighted by molar-refractivity contribution is 5.94. The summed E-state index contributed by atoms with van der Waals surface area (Å²) in [7, 11) is 1.65. The molecule has 0 bridgehead atoms. The normalized spacial score (nSPS) is 19.9. The molecule has 0 spiro atoms. The van der Waals surface area contributed by atoms with E-state index in [2.05, 4.69) is 27.8 Å². The van der Waals surface area contributed by atoms with Gasteiger partial charge in [0.2, 0.25) is 0 Å². The Kier molecular flexibility index (Phi) is 8.51. The van der Waals surface area contributed by atoms with Crippen LogP contribution in [0.3, 0.4) is 0 Å². The lowest BCUT2D eigenvalue weighted by Gasteiger charge is -2.48. The third-order valence-electron chi connectivity index (χ3n) is 6.23. The SMILES string of the molecule is CCNC(=NCc1cccc(C(=O)NC)c1)NCC1(N2CCOCC2)CCCCC1. The number of hydrogen-bond donors (Lipinski definition) is 3. The quantitative estimate of drug-likeness (QED) is 0.470. The Bertz CT molecular complexity index is 709. The van der Waals surface area contributed by atoms with Gasteiger partial charge in [-0.25, -0.2) is 4.99 Å². The van der Waals surface area contributed by atoms with Crippen LogP contribution in [0.15, 0.2) is 29.3 Å². The Morgan fingerprint density at radius 1 is 1.17 bits per heavy atom. The van der Waals surface area contributed by atoms with Crippen molar-refractivity contribution in [3.05, 3.63) is 35.4 Å². The summed E-state index contributed by atoms with van der Waals surface area (Å²) in [5.41, 5.74) is 1.88. The zero-order chi connectivity index (χ0) is 21.2. The van der Waals surface area contributed by atoms with E-state index in [1.807, 2.05) is 24.3 Å². The van der Waals surface area contributed by atoms with Gasteiger partial charge in [-0.05, 0) is 37.5 Å². The molecule has 3 N–H and O–H groups in total. The first-order valence-corrected chi connectivity index (χ1v) is 11.3. The monoisotopic (exact) mass is 415 g/mol. The number of morpholine rings is 1. The molecule has 1 aromatic rings. The zero-order valence-electron chi connectivity index (χ0n) is 18.5. The molecule has 1 aliphatic heterocycles. The van der Waals surface area contributed by atoms with Crippen LogP contribution in [0.5, 0.6) is 0 Å². The van der Waals surface area contributed by atoms with Gasteiger partial charge in [-0.15, -0.1) is 0 Å². The highest BCUT2D eigenvalue weighted by Gasteiger charge is 2.38. The van der Waals surface area contributed by atoms with E-state index in [4.69, 9.17) is 9.73 Å². The fraction of sp³-hybridized carbons (Fsp3) is 0.652. The average molecular weight is 416 g/mol. The minimum atomic E-state index is -0.0735. The van der Waals surface area contributed by atoms with E-state index in [0.29, 0.717) is 12.1 Å². The molecule has 166 valence electrons. The molecule has 1 aliphatic carbocycles. The van der Waals surface area contributed by atoms with Crippen molar-refractivity contribution < 1.29 is 9.53 Å². The second-order valence-electron chi connectivity index (χ2n) is 8.21. The minimum Gasteiger partial charge on any atom is -0.379 e. The van der Waals surface area contributed by atoms with Gasteiger partial charge in [0, 0.05) is 44.3 Å². The molecule has 1 saturated heterocycles. The Morgan fingerprint density at radius 2 is 1.93 bits per heavy atom. The maximum Gasteiger partial charge on any atom is 0.251 e. The number of aliphatic imine (C=N–C) groups is 1. The number of benzene rings is 1. The molecule has 0 unspecified atom stereocenters. The highest BCUT2D eigenvalue weighted by atomic mass is 16.5. The van der Waals surface area contributed by atoms with Crippen LogP contribution in [0.4, 0.5) is 0 Å². The van der Waals surface area contributed by atoms with Crippen LogP contribution >= 0.6 is 0 Å². The summed E-state index contributed by atoms with van der Waals surface area (Å²) in [6.07, 6.45) is 6.38. The van der Waals surface area contributed by atoms with Gasteiger partial charge >= 0.3 is 0 Å². The van der Waals surface area contributed by atoms with Crippen molar-refractivity contribution in [2.24, 2.45) is 4.99 Å². The van der Waals surface area contributed by atoms with Crippen molar-refractivity contribution in [3.63, 3.8) is 0 Å². The number of nitrogens with zero attached hydrogens (tertiary/aromatic N) is 2. The van der Waals surface area contributed by atoms with Crippen LogP contribution in [-0.2, 0) is 11.3 Å². The van der Waals surface area contributed by atoms with Crippen molar-refractivity contribution in [2.45, 2.75) is 51.1 Å². The Morgan fingerprint density at radius 3 is 2.63 bits per heavy atom. The number of hydrogen-bond acceptors (Lipinski definition) is 4. The van der Waals surface area contributed by atoms with Crippen LogP contribution in [0.2, 0.25) is 0 Å². The van der Waals surface area contributed by atoms with Crippen LogP contribution in [0.1, 0.15) is 54.9 Å². The first kappa shape index (κ1) is 22.6. The summed E-state index contributed by atoms with van der Waals surface area (Å²) < 4.78 is 5.60. The van der Waals surface area contributed by atoms with Crippen LogP contribution < -0.4 is 16.0 Å². The van der Waals surface area contributed by atoms with Crippen molar-refractivity contribution >= 4 is 11.9 Å². The molecule has 7 nitrogen and oxygen atoms in total. The third kappa shape index (κ3) is 5.95. The standard InChI is InChI=1S/C23H37N5O2/c1-3-25-22(26-17-19-8-7-9-20(16-19)21(29)24-2)27-18-23(10-5-4-6-11-23)28-12-14-30-15-13-28/h7-9,16H,3-6,10-15,17-18H2,1-2H3,(H,24,29)(H2,25,26,27). The van der Waals surface area contributed by atoms with E-state index in [-0.39, 0.29) is 11.4 Å². The number of nitrogens with one attached hydrogen (secondary N) is 3. The molecule has 7 heteroatoms. The summed E-state index contributed by atoms with van der Waals surface area (Å²) >= 11 is 0. The number of carbonyl (C=O) groups is 1. The summed E-state index contributed by atoms with van der Waals surface area (Å²) in [6, 6.07) is 7.65. The molecule has 0 aromatic heterocycles. The molecule has 3 rings (SSSR count). The molecule has 1 heterocycles. The molecule has 1 aromatic carbocycles. The van der Waals surface area contributed by atoms with Crippen molar-refractivity contribution in [2.75, 3.05) is 46.4 Å². The summed E-state index contributed by atoms with van der Waals surface area (Å²) in [5.74, 6) is 0.761. The Labute approximate surface area is 180 Å². The lowest BCUT2D eigenvalue weighted by molar-refractivity contribution is -0.0352. The van der Waals surface area contributed by atoms with Gasteiger partial charge in [-0.2, -0.15) is 0 Å². The van der Waals surface area contributed by atoms with E-state index in [1.165, 1.54) is 32.1 Å². The number of ether oxygens (including phenoxy) is 1. The number of rotatable bonds is 7. The zero-order valence-corrected chi connectivity index (χ0v) is 18.5. The van der Waals surface area contributed by atoms with Crippen molar-refractivity contribution in [1.82, 2.24) is 20.9 Å². The maximum absolute atomic E-state index is 11.9. The smallest absolute Gasteiger partial charge is 0.251 e. The average Bonchev–Trinajstić information content (AvgIpc) is 2.81. The number of guanidine groups is 1. The fourth-order valence-corrected chi connectivity index (χ4v) is 4.57. The summed E-state index contributed by atoms with van der Waals surface area (Å²) in [5, 5.41) is 9.67. The second kappa shape index (κ2) is 11.3. The Balaban J connectivity index is 1.67.